The SMILES string of the molecule is CCCCn1c(C)c(C(C)(C)C)s/c1=N\S(=O)(=O)c1cccc2ccccc12. The molecule has 0 amide bonds. The van der Waals surface area contributed by atoms with Gasteiger partial charge in [0.05, 0.1) is 4.90 Å². The van der Waals surface area contributed by atoms with E-state index in [4.69, 9.17) is 0 Å². The van der Waals surface area contributed by atoms with Gasteiger partial charge in [-0.15, -0.1) is 15.7 Å². The minimum atomic E-state index is -3.82. The van der Waals surface area contributed by atoms with Gasteiger partial charge in [0.2, 0.25) is 4.80 Å². The van der Waals surface area contributed by atoms with Crippen LogP contribution < -0.4 is 4.80 Å². The van der Waals surface area contributed by atoms with Gasteiger partial charge in [-0.3, -0.25) is 0 Å². The highest BCUT2D eigenvalue weighted by Gasteiger charge is 2.23. The zero-order valence-corrected chi connectivity index (χ0v) is 18.8. The molecule has 3 aromatic rings. The second-order valence-electron chi connectivity index (χ2n) is 8.10. The lowest BCUT2D eigenvalue weighted by Gasteiger charge is -2.17. The molecule has 0 radical (unpaired) electrons. The number of thiazole rings is 1. The minimum absolute atomic E-state index is 0.0559. The Bertz CT molecular complexity index is 1160. The summed E-state index contributed by atoms with van der Waals surface area (Å²) >= 11 is 1.49. The van der Waals surface area contributed by atoms with Crippen LogP contribution in [-0.4, -0.2) is 13.0 Å². The van der Waals surface area contributed by atoms with Gasteiger partial charge in [-0.1, -0.05) is 70.5 Å². The quantitative estimate of drug-likeness (QED) is 0.559. The Morgan fingerprint density at radius 2 is 1.75 bits per heavy atom. The molecule has 4 nitrogen and oxygen atoms in total. The molecule has 0 atom stereocenters. The topological polar surface area (TPSA) is 51.4 Å². The Morgan fingerprint density at radius 1 is 1.07 bits per heavy atom. The van der Waals surface area contributed by atoms with Crippen LogP contribution in [-0.2, 0) is 22.0 Å². The van der Waals surface area contributed by atoms with Gasteiger partial charge in [-0.2, -0.15) is 8.42 Å². The molecule has 0 spiro atoms. The minimum Gasteiger partial charge on any atom is -0.320 e. The second-order valence-corrected chi connectivity index (χ2v) is 10.6. The predicted octanol–water partition coefficient (Wildman–Crippen LogP) is 5.40. The van der Waals surface area contributed by atoms with Gasteiger partial charge in [0.25, 0.3) is 10.0 Å². The van der Waals surface area contributed by atoms with E-state index in [0.29, 0.717) is 10.2 Å². The summed E-state index contributed by atoms with van der Waals surface area (Å²) in [6, 6.07) is 12.9. The predicted molar refractivity (Wildman–Crippen MR) is 117 cm³/mol. The molecule has 0 aliphatic heterocycles. The molecule has 0 aliphatic carbocycles. The van der Waals surface area contributed by atoms with Gasteiger partial charge >= 0.3 is 0 Å². The van der Waals surface area contributed by atoms with Gasteiger partial charge in [0.1, 0.15) is 0 Å². The molecule has 0 aliphatic rings. The Labute approximate surface area is 171 Å². The maximum Gasteiger partial charge on any atom is 0.285 e. The smallest absolute Gasteiger partial charge is 0.285 e. The lowest BCUT2D eigenvalue weighted by Crippen LogP contribution is -2.19. The van der Waals surface area contributed by atoms with Crippen molar-refractivity contribution in [3.63, 3.8) is 0 Å². The van der Waals surface area contributed by atoms with Crippen molar-refractivity contribution >= 4 is 32.1 Å². The number of sulfonamides is 1. The number of fused-ring (bicyclic) bond motifs is 1. The summed E-state index contributed by atoms with van der Waals surface area (Å²) in [5.74, 6) is 0. The first-order valence-corrected chi connectivity index (χ1v) is 11.9. The molecular formula is C22H28N2O2S2. The Kier molecular flexibility index (Phi) is 5.82. The number of unbranched alkanes of at least 4 members (excludes halogenated alkanes) is 1. The maximum atomic E-state index is 13.2. The summed E-state index contributed by atoms with van der Waals surface area (Å²) in [4.78, 5) is 2.00. The molecule has 0 fully saturated rings. The lowest BCUT2D eigenvalue weighted by atomic mass is 9.93. The maximum absolute atomic E-state index is 13.2. The molecule has 6 heteroatoms. The van der Waals surface area contributed by atoms with Crippen LogP contribution >= 0.6 is 11.3 Å². The third kappa shape index (κ3) is 4.08. The van der Waals surface area contributed by atoms with Crippen molar-refractivity contribution in [1.82, 2.24) is 4.57 Å². The van der Waals surface area contributed by atoms with Crippen molar-refractivity contribution in [3.8, 4) is 0 Å². The second kappa shape index (κ2) is 7.84. The van der Waals surface area contributed by atoms with E-state index >= 15 is 0 Å². The van der Waals surface area contributed by atoms with Crippen molar-refractivity contribution < 1.29 is 8.42 Å². The van der Waals surface area contributed by atoms with E-state index in [1.165, 1.54) is 16.2 Å². The van der Waals surface area contributed by atoms with E-state index < -0.39 is 10.0 Å². The fourth-order valence-corrected chi connectivity index (χ4v) is 6.05. The highest BCUT2D eigenvalue weighted by Crippen LogP contribution is 2.29. The zero-order valence-electron chi connectivity index (χ0n) is 17.2. The standard InChI is InChI=1S/C22H28N2O2S2/c1-6-7-15-24-16(2)20(22(3,4)5)27-21(24)23-28(25,26)19-14-10-12-17-11-8-9-13-18(17)19/h8-14H,6-7,15H2,1-5H3/b23-21-. The molecule has 28 heavy (non-hydrogen) atoms. The number of nitrogens with zero attached hydrogens (tertiary/aromatic N) is 2. The van der Waals surface area contributed by atoms with E-state index in [1.54, 1.807) is 12.1 Å². The average Bonchev–Trinajstić information content (AvgIpc) is 2.94. The Balaban J connectivity index is 2.24. The van der Waals surface area contributed by atoms with E-state index in [0.717, 1.165) is 30.5 Å². The summed E-state index contributed by atoms with van der Waals surface area (Å²) in [7, 11) is -3.82. The molecule has 0 unspecified atom stereocenters. The van der Waals surface area contributed by atoms with E-state index in [9.17, 15) is 8.42 Å². The molecule has 0 saturated carbocycles. The number of benzene rings is 2. The zero-order chi connectivity index (χ0) is 20.5. The van der Waals surface area contributed by atoms with Crippen LogP contribution in [0.5, 0.6) is 0 Å². The summed E-state index contributed by atoms with van der Waals surface area (Å²) in [5.41, 5.74) is 1.05. The lowest BCUT2D eigenvalue weighted by molar-refractivity contribution is 0.567. The monoisotopic (exact) mass is 416 g/mol. The van der Waals surface area contributed by atoms with Crippen molar-refractivity contribution in [3.05, 3.63) is 57.8 Å². The fraction of sp³-hybridized carbons (Fsp3) is 0.409. The normalized spacial score (nSPS) is 13.4. The van der Waals surface area contributed by atoms with Crippen LogP contribution in [0.1, 0.15) is 51.1 Å². The van der Waals surface area contributed by atoms with E-state index in [1.807, 2.05) is 30.3 Å². The molecule has 0 saturated heterocycles. The molecule has 1 aromatic heterocycles. The Morgan fingerprint density at radius 3 is 2.43 bits per heavy atom. The van der Waals surface area contributed by atoms with Crippen LogP contribution in [0.3, 0.4) is 0 Å². The first-order valence-electron chi connectivity index (χ1n) is 9.64. The number of rotatable bonds is 5. The van der Waals surface area contributed by atoms with E-state index in [-0.39, 0.29) is 10.3 Å². The number of hydrogen-bond acceptors (Lipinski definition) is 3. The van der Waals surface area contributed by atoms with Crippen molar-refractivity contribution in [2.24, 2.45) is 4.40 Å². The summed E-state index contributed by atoms with van der Waals surface area (Å²) in [6.45, 7) is 11.4. The van der Waals surface area contributed by atoms with Gasteiger partial charge < -0.3 is 4.57 Å². The largest absolute Gasteiger partial charge is 0.320 e. The van der Waals surface area contributed by atoms with Gasteiger partial charge in [0.15, 0.2) is 0 Å². The van der Waals surface area contributed by atoms with Crippen LogP contribution in [0.15, 0.2) is 51.8 Å². The Hall–Kier alpha value is -1.92. The summed E-state index contributed by atoms with van der Waals surface area (Å²) in [6.07, 6.45) is 2.03. The molecule has 0 N–H and O–H groups in total. The van der Waals surface area contributed by atoms with Crippen LogP contribution in [0.4, 0.5) is 0 Å². The average molecular weight is 417 g/mol. The molecule has 2 aromatic carbocycles. The third-order valence-electron chi connectivity index (χ3n) is 4.80. The van der Waals surface area contributed by atoms with Crippen LogP contribution in [0, 0.1) is 6.92 Å². The van der Waals surface area contributed by atoms with Gasteiger partial charge in [0, 0.05) is 22.5 Å². The first-order chi connectivity index (χ1) is 13.1. The molecule has 0 bridgehead atoms. The molecular weight excluding hydrogens is 388 g/mol. The van der Waals surface area contributed by atoms with Crippen molar-refractivity contribution in [1.29, 1.82) is 0 Å². The van der Waals surface area contributed by atoms with Gasteiger partial charge in [-0.05, 0) is 30.2 Å². The van der Waals surface area contributed by atoms with Crippen molar-refractivity contribution in [2.45, 2.75) is 64.3 Å². The molecule has 3 rings (SSSR count). The van der Waals surface area contributed by atoms with Crippen molar-refractivity contribution in [2.75, 3.05) is 0 Å². The summed E-state index contributed by atoms with van der Waals surface area (Å²) < 4.78 is 32.9. The highest BCUT2D eigenvalue weighted by molar-refractivity contribution is 7.90. The van der Waals surface area contributed by atoms with Crippen LogP contribution in [0.2, 0.25) is 0 Å². The number of aromatic nitrogens is 1. The van der Waals surface area contributed by atoms with E-state index in [2.05, 4.69) is 43.6 Å². The summed E-state index contributed by atoms with van der Waals surface area (Å²) in [5, 5.41) is 1.61. The van der Waals surface area contributed by atoms with Crippen LogP contribution in [0.25, 0.3) is 10.8 Å². The molecule has 1 heterocycles. The molecule has 150 valence electrons. The fourth-order valence-electron chi connectivity index (χ4n) is 3.40. The number of hydrogen-bond donors (Lipinski definition) is 0. The third-order valence-corrected chi connectivity index (χ3v) is 7.85. The highest BCUT2D eigenvalue weighted by atomic mass is 32.2. The van der Waals surface area contributed by atoms with Gasteiger partial charge in [-0.25, -0.2) is 0 Å². The first kappa shape index (κ1) is 20.8.